The normalized spacial score (nSPS) is 15.8. The molecule has 0 bridgehead atoms. The third-order valence-electron chi connectivity index (χ3n) is 5.27. The summed E-state index contributed by atoms with van der Waals surface area (Å²) in [6.45, 7) is 2.63. The Hall–Kier alpha value is -3.87. The van der Waals surface area contributed by atoms with Gasteiger partial charge in [0.2, 0.25) is 0 Å². The van der Waals surface area contributed by atoms with Crippen molar-refractivity contribution in [1.29, 1.82) is 0 Å². The standard InChI is InChI=1S/C22H19N5O2/c1-13-10-24-22(29)20-8-15-5-6-16(9-19(15)27(13)20)21(28)26-17-4-2-3-14(7-17)18-11-23-12-25-18/h2-9,11-13H,10H2,1H3,(H,23,25)(H,24,29)(H,26,28). The fourth-order valence-electron chi connectivity index (χ4n) is 3.82. The number of carbonyl (C=O) groups excluding carboxylic acids is 2. The molecule has 0 radical (unpaired) electrons. The summed E-state index contributed by atoms with van der Waals surface area (Å²) in [7, 11) is 0. The first-order valence-corrected chi connectivity index (χ1v) is 9.43. The number of hydrogen-bond donors (Lipinski definition) is 3. The molecule has 1 unspecified atom stereocenters. The molecule has 144 valence electrons. The van der Waals surface area contributed by atoms with Gasteiger partial charge in [0.25, 0.3) is 11.8 Å². The minimum atomic E-state index is -0.197. The molecule has 0 saturated heterocycles. The van der Waals surface area contributed by atoms with Crippen molar-refractivity contribution < 1.29 is 9.59 Å². The van der Waals surface area contributed by atoms with E-state index in [2.05, 4.69) is 27.5 Å². The van der Waals surface area contributed by atoms with Gasteiger partial charge in [-0.3, -0.25) is 9.59 Å². The van der Waals surface area contributed by atoms with Crippen LogP contribution in [0.25, 0.3) is 22.2 Å². The maximum atomic E-state index is 12.9. The molecule has 3 heterocycles. The highest BCUT2D eigenvalue weighted by atomic mass is 16.2. The Morgan fingerprint density at radius 2 is 2.10 bits per heavy atom. The van der Waals surface area contributed by atoms with E-state index in [0.717, 1.165) is 22.2 Å². The van der Waals surface area contributed by atoms with Gasteiger partial charge in [0.15, 0.2) is 0 Å². The first-order chi connectivity index (χ1) is 14.1. The Morgan fingerprint density at radius 3 is 2.93 bits per heavy atom. The SMILES string of the molecule is CC1CNC(=O)c2cc3ccc(C(=O)Nc4cccc(-c5cnc[nH]5)c4)cc3n21. The average Bonchev–Trinajstić information content (AvgIpc) is 3.39. The molecule has 7 nitrogen and oxygen atoms in total. The highest BCUT2D eigenvalue weighted by Crippen LogP contribution is 2.28. The van der Waals surface area contributed by atoms with Gasteiger partial charge in [0.1, 0.15) is 5.69 Å². The number of imidazole rings is 1. The molecule has 1 aliphatic rings. The number of nitrogens with zero attached hydrogens (tertiary/aromatic N) is 2. The highest BCUT2D eigenvalue weighted by Gasteiger charge is 2.24. The van der Waals surface area contributed by atoms with Crippen LogP contribution in [-0.2, 0) is 0 Å². The topological polar surface area (TPSA) is 91.8 Å². The number of carbonyl (C=O) groups is 2. The van der Waals surface area contributed by atoms with Gasteiger partial charge in [-0.05, 0) is 37.3 Å². The number of nitrogens with one attached hydrogen (secondary N) is 3. The van der Waals surface area contributed by atoms with Gasteiger partial charge >= 0.3 is 0 Å². The molecule has 29 heavy (non-hydrogen) atoms. The largest absolute Gasteiger partial charge is 0.349 e. The van der Waals surface area contributed by atoms with Gasteiger partial charge in [0, 0.05) is 40.3 Å². The number of benzene rings is 2. The Morgan fingerprint density at radius 1 is 1.21 bits per heavy atom. The molecule has 2 aromatic heterocycles. The van der Waals surface area contributed by atoms with Gasteiger partial charge in [-0.2, -0.15) is 0 Å². The third-order valence-corrected chi connectivity index (χ3v) is 5.27. The quantitative estimate of drug-likeness (QED) is 0.503. The number of aromatic nitrogens is 3. The minimum Gasteiger partial charge on any atom is -0.349 e. The van der Waals surface area contributed by atoms with Crippen LogP contribution in [0.15, 0.2) is 61.1 Å². The van der Waals surface area contributed by atoms with Crippen LogP contribution >= 0.6 is 0 Å². The van der Waals surface area contributed by atoms with Crippen molar-refractivity contribution in [3.63, 3.8) is 0 Å². The van der Waals surface area contributed by atoms with E-state index < -0.39 is 0 Å². The molecule has 1 aliphatic heterocycles. The summed E-state index contributed by atoms with van der Waals surface area (Å²) in [4.78, 5) is 32.1. The molecule has 5 rings (SSSR count). The molecule has 7 heteroatoms. The zero-order valence-electron chi connectivity index (χ0n) is 15.8. The minimum absolute atomic E-state index is 0.0825. The summed E-state index contributed by atoms with van der Waals surface area (Å²) in [5.41, 5.74) is 4.59. The van der Waals surface area contributed by atoms with Crippen molar-refractivity contribution in [2.45, 2.75) is 13.0 Å². The summed E-state index contributed by atoms with van der Waals surface area (Å²) in [6, 6.07) is 15.1. The molecule has 1 atom stereocenters. The number of hydrogen-bond acceptors (Lipinski definition) is 3. The van der Waals surface area contributed by atoms with Crippen molar-refractivity contribution in [3.8, 4) is 11.3 Å². The summed E-state index contributed by atoms with van der Waals surface area (Å²) in [5.74, 6) is -0.280. The Balaban J connectivity index is 1.47. The van der Waals surface area contributed by atoms with Crippen molar-refractivity contribution in [3.05, 3.63) is 72.3 Å². The summed E-state index contributed by atoms with van der Waals surface area (Å²) >= 11 is 0. The van der Waals surface area contributed by atoms with Crippen LogP contribution in [0.4, 0.5) is 5.69 Å². The molecule has 0 aliphatic carbocycles. The van der Waals surface area contributed by atoms with Crippen molar-refractivity contribution in [2.75, 3.05) is 11.9 Å². The maximum Gasteiger partial charge on any atom is 0.268 e. The van der Waals surface area contributed by atoms with Crippen LogP contribution in [0, 0.1) is 0 Å². The molecule has 0 spiro atoms. The second-order valence-corrected chi connectivity index (χ2v) is 7.23. The fourth-order valence-corrected chi connectivity index (χ4v) is 3.82. The summed E-state index contributed by atoms with van der Waals surface area (Å²) < 4.78 is 2.00. The van der Waals surface area contributed by atoms with E-state index in [9.17, 15) is 9.59 Å². The number of H-pyrrole nitrogens is 1. The average molecular weight is 385 g/mol. The lowest BCUT2D eigenvalue weighted by molar-refractivity contribution is 0.0919. The summed E-state index contributed by atoms with van der Waals surface area (Å²) in [6.07, 6.45) is 3.36. The van der Waals surface area contributed by atoms with Crippen LogP contribution in [0.1, 0.15) is 33.8 Å². The molecular weight excluding hydrogens is 366 g/mol. The zero-order valence-corrected chi connectivity index (χ0v) is 15.8. The Bertz CT molecular complexity index is 1240. The second-order valence-electron chi connectivity index (χ2n) is 7.23. The third kappa shape index (κ3) is 2.97. The molecule has 2 amide bonds. The van der Waals surface area contributed by atoms with Crippen molar-refractivity contribution in [2.24, 2.45) is 0 Å². The smallest absolute Gasteiger partial charge is 0.268 e. The van der Waals surface area contributed by atoms with E-state index in [1.54, 1.807) is 18.6 Å². The molecule has 0 saturated carbocycles. The predicted molar refractivity (Wildman–Crippen MR) is 111 cm³/mol. The van der Waals surface area contributed by atoms with Crippen LogP contribution < -0.4 is 10.6 Å². The Kier molecular flexibility index (Phi) is 3.94. The first kappa shape index (κ1) is 17.2. The molecular formula is C22H19N5O2. The van der Waals surface area contributed by atoms with E-state index in [4.69, 9.17) is 0 Å². The van der Waals surface area contributed by atoms with Crippen molar-refractivity contribution in [1.82, 2.24) is 19.9 Å². The van der Waals surface area contributed by atoms with Crippen LogP contribution in [0.2, 0.25) is 0 Å². The predicted octanol–water partition coefficient (Wildman–Crippen LogP) is 3.59. The maximum absolute atomic E-state index is 12.9. The van der Waals surface area contributed by atoms with Gasteiger partial charge < -0.3 is 20.2 Å². The van der Waals surface area contributed by atoms with Gasteiger partial charge in [-0.15, -0.1) is 0 Å². The van der Waals surface area contributed by atoms with Gasteiger partial charge in [-0.25, -0.2) is 4.98 Å². The lowest BCUT2D eigenvalue weighted by atomic mass is 10.1. The number of aromatic amines is 1. The van der Waals surface area contributed by atoms with E-state index >= 15 is 0 Å². The van der Waals surface area contributed by atoms with Crippen molar-refractivity contribution >= 4 is 28.4 Å². The van der Waals surface area contributed by atoms with E-state index in [-0.39, 0.29) is 17.9 Å². The lowest BCUT2D eigenvalue weighted by Gasteiger charge is -2.24. The fraction of sp³-hybridized carbons (Fsp3) is 0.136. The second kappa shape index (κ2) is 6.63. The lowest BCUT2D eigenvalue weighted by Crippen LogP contribution is -2.37. The monoisotopic (exact) mass is 385 g/mol. The van der Waals surface area contributed by atoms with Gasteiger partial charge in [-0.1, -0.05) is 18.2 Å². The van der Waals surface area contributed by atoms with E-state index in [1.807, 2.05) is 47.0 Å². The summed E-state index contributed by atoms with van der Waals surface area (Å²) in [5, 5.41) is 6.79. The zero-order chi connectivity index (χ0) is 20.0. The van der Waals surface area contributed by atoms with Crippen LogP contribution in [-0.4, -0.2) is 32.9 Å². The van der Waals surface area contributed by atoms with Gasteiger partial charge in [0.05, 0.1) is 18.2 Å². The Labute approximate surface area is 166 Å². The number of amides is 2. The number of rotatable bonds is 3. The molecule has 2 aromatic carbocycles. The number of fused-ring (bicyclic) bond motifs is 3. The van der Waals surface area contributed by atoms with E-state index in [0.29, 0.717) is 23.5 Å². The number of anilines is 1. The van der Waals surface area contributed by atoms with Crippen LogP contribution in [0.5, 0.6) is 0 Å². The molecule has 3 N–H and O–H groups in total. The van der Waals surface area contributed by atoms with E-state index in [1.165, 1.54) is 0 Å². The molecule has 0 fully saturated rings. The van der Waals surface area contributed by atoms with Crippen LogP contribution in [0.3, 0.4) is 0 Å². The molecule has 4 aromatic rings. The highest BCUT2D eigenvalue weighted by molar-refractivity contribution is 6.07. The first-order valence-electron chi connectivity index (χ1n) is 9.43.